The van der Waals surface area contributed by atoms with Crippen molar-refractivity contribution in [1.82, 2.24) is 20.9 Å². The van der Waals surface area contributed by atoms with Gasteiger partial charge >= 0.3 is 11.9 Å². The largest absolute Gasteiger partial charge is 0.480 e. The Bertz CT molecular complexity index is 1790. The number of aliphatic hydroxyl groups excluding tert-OH is 10. The van der Waals surface area contributed by atoms with E-state index < -0.39 is 136 Å². The number of rotatable bonds is 31. The summed E-state index contributed by atoms with van der Waals surface area (Å²) in [5.41, 5.74) is 0.889. The van der Waals surface area contributed by atoms with Crippen LogP contribution in [-0.4, -0.2) is 249 Å². The van der Waals surface area contributed by atoms with E-state index in [1.165, 1.54) is 4.90 Å². The van der Waals surface area contributed by atoms with Crippen LogP contribution in [0.15, 0.2) is 30.3 Å². The molecule has 0 saturated carbocycles. The van der Waals surface area contributed by atoms with Gasteiger partial charge < -0.3 is 105 Å². The maximum atomic E-state index is 12.6. The number of nitrogens with one attached hydrogen (secondary N) is 3. The molecule has 0 unspecified atom stereocenters. The molecule has 3 amide bonds. The van der Waals surface area contributed by atoms with Crippen LogP contribution in [0.1, 0.15) is 56.9 Å². The van der Waals surface area contributed by atoms with Crippen LogP contribution in [0.25, 0.3) is 0 Å². The van der Waals surface area contributed by atoms with Gasteiger partial charge in [-0.25, -0.2) is 0 Å². The Morgan fingerprint density at radius 1 is 0.542 bits per heavy atom. The highest BCUT2D eigenvalue weighted by Crippen LogP contribution is 2.31. The number of carbonyl (C=O) groups excluding carboxylic acids is 4. The number of carboxylic acids is 1. The van der Waals surface area contributed by atoms with Crippen LogP contribution in [0, 0.1) is 0 Å². The first-order chi connectivity index (χ1) is 34.4. The first kappa shape index (κ1) is 60.4. The quantitative estimate of drug-likeness (QED) is 0.0243. The van der Waals surface area contributed by atoms with Crippen LogP contribution in [0.4, 0.5) is 0 Å². The fourth-order valence-electron chi connectivity index (χ4n) is 7.82. The van der Waals surface area contributed by atoms with Gasteiger partial charge in [0.25, 0.3) is 0 Å². The monoisotopic (exact) mass is 1040 g/mol. The summed E-state index contributed by atoms with van der Waals surface area (Å²) in [5.74, 6) is -2.88. The summed E-state index contributed by atoms with van der Waals surface area (Å²) in [5, 5.41) is 121. The highest BCUT2D eigenvalue weighted by Gasteiger charge is 2.52. The standard InChI is InChI=1S/C45H72N4O23/c50-21-26-34(58)37(61)39(63)43(69-26)68-24-28-36(60)42(72-45-40(64)38(62)35(59)27(22-51)70-45)41(65)44(71-28)66-17-16-48-29(52)12-6-2-8-14-46-30(53)18-49(20-32(55)56)19-31(54)47-15-9-3-7-13-33(57)67-23-25-10-4-1-5-11-25/h1,4-5,10-11,26-28,34-45,50-51,58-65H,2-3,6-9,12-24H2,(H,46,53)(H,47,54)(H,48,52)(H,55,56)/t26-,27-,28-,34-,35-,36-,37+,38+,39+,40+,41-,42+,43+,44-,45-/m1/s1. The highest BCUT2D eigenvalue weighted by molar-refractivity contribution is 5.82. The lowest BCUT2D eigenvalue weighted by molar-refractivity contribution is -0.366. The minimum absolute atomic E-state index is 0.0812. The van der Waals surface area contributed by atoms with Gasteiger partial charge in [0.05, 0.1) is 46.1 Å². The summed E-state index contributed by atoms with van der Waals surface area (Å²) in [7, 11) is 0. The molecule has 3 aliphatic rings. The molecule has 0 radical (unpaired) electrons. The van der Waals surface area contributed by atoms with E-state index >= 15 is 0 Å². The number of amides is 3. The van der Waals surface area contributed by atoms with E-state index in [2.05, 4.69) is 16.0 Å². The third-order valence-corrected chi connectivity index (χ3v) is 11.9. The molecule has 27 heteroatoms. The number of unbranched alkanes of at least 4 members (excludes halogenated alkanes) is 4. The molecule has 1 aromatic rings. The number of hydrogen-bond acceptors (Lipinski definition) is 23. The van der Waals surface area contributed by atoms with Gasteiger partial charge in [0.1, 0.15) is 79.9 Å². The van der Waals surface area contributed by atoms with Gasteiger partial charge in [0.15, 0.2) is 18.9 Å². The normalized spacial score (nSPS) is 30.6. The number of aliphatic hydroxyl groups is 10. The average molecular weight is 1040 g/mol. The van der Waals surface area contributed by atoms with E-state index in [-0.39, 0.29) is 64.1 Å². The summed E-state index contributed by atoms with van der Waals surface area (Å²) in [6.45, 7) is -3.11. The first-order valence-corrected chi connectivity index (χ1v) is 23.9. The number of benzene rings is 1. The topological polar surface area (TPSA) is 412 Å². The van der Waals surface area contributed by atoms with Gasteiger partial charge in [-0.1, -0.05) is 43.2 Å². The van der Waals surface area contributed by atoms with Gasteiger partial charge in [0, 0.05) is 32.5 Å². The minimum atomic E-state index is -1.93. The van der Waals surface area contributed by atoms with E-state index in [4.69, 9.17) is 33.2 Å². The van der Waals surface area contributed by atoms with Crippen molar-refractivity contribution in [3.63, 3.8) is 0 Å². The molecule has 0 aliphatic carbocycles. The third kappa shape index (κ3) is 19.6. The molecule has 3 saturated heterocycles. The predicted molar refractivity (Wildman–Crippen MR) is 241 cm³/mol. The Balaban J connectivity index is 1.13. The van der Waals surface area contributed by atoms with Crippen LogP contribution >= 0.6 is 0 Å². The molecule has 0 spiro atoms. The molecule has 410 valence electrons. The van der Waals surface area contributed by atoms with E-state index in [0.717, 1.165) is 5.56 Å². The summed E-state index contributed by atoms with van der Waals surface area (Å²) >= 11 is 0. The number of ether oxygens (including phenoxy) is 7. The van der Waals surface area contributed by atoms with Crippen LogP contribution in [0.3, 0.4) is 0 Å². The van der Waals surface area contributed by atoms with Crippen molar-refractivity contribution in [3.05, 3.63) is 35.9 Å². The fourth-order valence-corrected chi connectivity index (χ4v) is 7.82. The lowest BCUT2D eigenvalue weighted by Crippen LogP contribution is -2.65. The maximum Gasteiger partial charge on any atom is 0.317 e. The Kier molecular flexibility index (Phi) is 26.5. The van der Waals surface area contributed by atoms with Crippen molar-refractivity contribution in [2.75, 3.05) is 65.7 Å². The molecule has 3 heterocycles. The molecule has 3 fully saturated rings. The zero-order valence-corrected chi connectivity index (χ0v) is 39.7. The molecule has 1 aromatic carbocycles. The molecule has 0 aromatic heterocycles. The van der Waals surface area contributed by atoms with E-state index in [9.17, 15) is 80.1 Å². The van der Waals surface area contributed by atoms with E-state index in [1.807, 2.05) is 30.3 Å². The predicted octanol–water partition coefficient (Wildman–Crippen LogP) is -5.95. The second-order valence-electron chi connectivity index (χ2n) is 17.6. The second-order valence-corrected chi connectivity index (χ2v) is 17.6. The Labute approximate surface area is 414 Å². The molecular formula is C45H72N4O23. The second kappa shape index (κ2) is 31.6. The zero-order chi connectivity index (χ0) is 52.7. The number of carboxylic acid groups (broad SMARTS) is 1. The van der Waals surface area contributed by atoms with Crippen molar-refractivity contribution < 1.29 is 113 Å². The van der Waals surface area contributed by atoms with Gasteiger partial charge in [-0.3, -0.25) is 28.9 Å². The molecule has 4 rings (SSSR count). The first-order valence-electron chi connectivity index (χ1n) is 23.9. The van der Waals surface area contributed by atoms with Gasteiger partial charge in [0.2, 0.25) is 17.7 Å². The molecule has 72 heavy (non-hydrogen) atoms. The van der Waals surface area contributed by atoms with Crippen LogP contribution < -0.4 is 16.0 Å². The molecule has 14 N–H and O–H groups in total. The Hall–Kier alpha value is -4.11. The molecule has 27 nitrogen and oxygen atoms in total. The molecule has 0 bridgehead atoms. The lowest BCUT2D eigenvalue weighted by atomic mass is 9.96. The Morgan fingerprint density at radius 2 is 1.07 bits per heavy atom. The van der Waals surface area contributed by atoms with Crippen molar-refractivity contribution >= 4 is 29.7 Å². The van der Waals surface area contributed by atoms with Crippen molar-refractivity contribution in [3.8, 4) is 0 Å². The summed E-state index contributed by atoms with van der Waals surface area (Å²) in [6.07, 6.45) is -22.1. The van der Waals surface area contributed by atoms with Gasteiger partial charge in [-0.2, -0.15) is 0 Å². The smallest absolute Gasteiger partial charge is 0.317 e. The molecule has 15 atom stereocenters. The number of aliphatic carboxylic acids is 1. The summed E-state index contributed by atoms with van der Waals surface area (Å²) in [4.78, 5) is 62.2. The number of carbonyl (C=O) groups is 5. The van der Waals surface area contributed by atoms with Crippen LogP contribution in [0.2, 0.25) is 0 Å². The molecular weight excluding hydrogens is 964 g/mol. The van der Waals surface area contributed by atoms with Crippen molar-refractivity contribution in [1.29, 1.82) is 0 Å². The fraction of sp³-hybridized carbons (Fsp3) is 0.756. The summed E-state index contributed by atoms with van der Waals surface area (Å²) < 4.78 is 38.6. The SMILES string of the molecule is O=C(O)CN(CC(=O)NCCCCCC(=O)NCCO[C@@H]1O[C@H](CO[C@H]2O[C@H](CO)[C@@H](O)[C@H](O)[C@@H]2O)[C@@H](O)[C@H](O[C@H]2O[C@H](CO)[C@@H](O)[C@H](O)[C@@H]2O)[C@H]1O)CC(=O)NCCCCCC(=O)OCc1ccccc1. The average Bonchev–Trinajstić information content (AvgIpc) is 3.35. The third-order valence-electron chi connectivity index (χ3n) is 11.9. The van der Waals surface area contributed by atoms with Crippen molar-refractivity contribution in [2.24, 2.45) is 0 Å². The van der Waals surface area contributed by atoms with Crippen molar-refractivity contribution in [2.45, 2.75) is 150 Å². The van der Waals surface area contributed by atoms with E-state index in [0.29, 0.717) is 45.1 Å². The molecule has 3 aliphatic heterocycles. The summed E-state index contributed by atoms with van der Waals surface area (Å²) in [6, 6.07) is 9.29. The number of esters is 1. The zero-order valence-electron chi connectivity index (χ0n) is 39.7. The highest BCUT2D eigenvalue weighted by atomic mass is 16.7. The van der Waals surface area contributed by atoms with Gasteiger partial charge in [-0.15, -0.1) is 0 Å². The maximum absolute atomic E-state index is 12.6. The van der Waals surface area contributed by atoms with E-state index in [1.54, 1.807) is 0 Å². The van der Waals surface area contributed by atoms with Crippen LogP contribution in [0.5, 0.6) is 0 Å². The lowest BCUT2D eigenvalue weighted by Gasteiger charge is -2.46. The van der Waals surface area contributed by atoms with Gasteiger partial charge in [-0.05, 0) is 31.2 Å². The number of nitrogens with zero attached hydrogens (tertiary/aromatic N) is 1. The Morgan fingerprint density at radius 3 is 1.65 bits per heavy atom. The number of hydrogen-bond donors (Lipinski definition) is 14. The van der Waals surface area contributed by atoms with Crippen LogP contribution in [-0.2, 0) is 63.7 Å². The minimum Gasteiger partial charge on any atom is -0.480 e.